The molecule has 20 heavy (non-hydrogen) atoms. The van der Waals surface area contributed by atoms with E-state index in [2.05, 4.69) is 5.32 Å². The van der Waals surface area contributed by atoms with Gasteiger partial charge in [-0.05, 0) is 24.0 Å². The fourth-order valence-corrected chi connectivity index (χ4v) is 3.03. The van der Waals surface area contributed by atoms with Gasteiger partial charge in [-0.3, -0.25) is 4.79 Å². The number of fused-ring (bicyclic) bond motifs is 1. The Morgan fingerprint density at radius 2 is 2.10 bits per heavy atom. The van der Waals surface area contributed by atoms with Gasteiger partial charge in [0.2, 0.25) is 0 Å². The van der Waals surface area contributed by atoms with Gasteiger partial charge in [-0.15, -0.1) is 0 Å². The first-order chi connectivity index (χ1) is 9.63. The van der Waals surface area contributed by atoms with Crippen molar-refractivity contribution in [3.8, 4) is 5.75 Å². The molecule has 2 aliphatic rings. The predicted molar refractivity (Wildman–Crippen MR) is 73.3 cm³/mol. The Balaban J connectivity index is 1.53. The van der Waals surface area contributed by atoms with E-state index in [9.17, 15) is 9.18 Å². The van der Waals surface area contributed by atoms with E-state index in [0.717, 1.165) is 26.2 Å². The third-order valence-electron chi connectivity index (χ3n) is 4.00. The maximum absolute atomic E-state index is 13.0. The van der Waals surface area contributed by atoms with Gasteiger partial charge in [-0.2, -0.15) is 0 Å². The highest BCUT2D eigenvalue weighted by atomic mass is 35.5. The van der Waals surface area contributed by atoms with Gasteiger partial charge in [0.15, 0.2) is 6.61 Å². The lowest BCUT2D eigenvalue weighted by Crippen LogP contribution is -2.35. The Morgan fingerprint density at radius 1 is 1.40 bits per heavy atom. The molecular formula is C14H16ClFN2O2. The van der Waals surface area contributed by atoms with Crippen LogP contribution in [-0.2, 0) is 4.79 Å². The lowest BCUT2D eigenvalue weighted by atomic mass is 10.0. The van der Waals surface area contributed by atoms with Crippen LogP contribution < -0.4 is 10.1 Å². The number of carbonyl (C=O) groups is 1. The van der Waals surface area contributed by atoms with Crippen molar-refractivity contribution in [2.75, 3.05) is 32.8 Å². The van der Waals surface area contributed by atoms with Crippen molar-refractivity contribution >= 4 is 17.5 Å². The van der Waals surface area contributed by atoms with Crippen LogP contribution in [0.1, 0.15) is 0 Å². The molecule has 1 N–H and O–H groups in total. The van der Waals surface area contributed by atoms with Gasteiger partial charge in [0.25, 0.3) is 5.91 Å². The van der Waals surface area contributed by atoms with Crippen LogP contribution in [0.15, 0.2) is 18.2 Å². The molecule has 1 aromatic carbocycles. The van der Waals surface area contributed by atoms with Crippen LogP contribution in [0.25, 0.3) is 0 Å². The number of amides is 1. The Morgan fingerprint density at radius 3 is 2.75 bits per heavy atom. The first-order valence-corrected chi connectivity index (χ1v) is 7.07. The van der Waals surface area contributed by atoms with Crippen molar-refractivity contribution in [2.24, 2.45) is 11.8 Å². The van der Waals surface area contributed by atoms with Crippen molar-refractivity contribution in [3.63, 3.8) is 0 Å². The zero-order valence-corrected chi connectivity index (χ0v) is 11.7. The molecule has 0 aromatic heterocycles. The topological polar surface area (TPSA) is 41.6 Å². The summed E-state index contributed by atoms with van der Waals surface area (Å²) in [7, 11) is 0. The van der Waals surface area contributed by atoms with E-state index < -0.39 is 5.82 Å². The number of hydrogen-bond acceptors (Lipinski definition) is 3. The minimum absolute atomic E-state index is 0.00303. The Bertz CT molecular complexity index is 514. The average Bonchev–Trinajstić information content (AvgIpc) is 3.00. The van der Waals surface area contributed by atoms with Gasteiger partial charge in [-0.1, -0.05) is 11.6 Å². The second-order valence-electron chi connectivity index (χ2n) is 5.34. The van der Waals surface area contributed by atoms with Crippen LogP contribution >= 0.6 is 11.6 Å². The molecule has 108 valence electrons. The summed E-state index contributed by atoms with van der Waals surface area (Å²) in [6, 6.07) is 4.08. The number of likely N-dealkylation sites (tertiary alicyclic amines) is 1. The molecule has 2 fully saturated rings. The van der Waals surface area contributed by atoms with Crippen LogP contribution in [0.3, 0.4) is 0 Å². The lowest BCUT2D eigenvalue weighted by molar-refractivity contribution is -0.132. The fourth-order valence-electron chi connectivity index (χ4n) is 2.86. The van der Waals surface area contributed by atoms with Gasteiger partial charge >= 0.3 is 0 Å². The van der Waals surface area contributed by atoms with Gasteiger partial charge in [0, 0.05) is 32.2 Å². The Labute approximate surface area is 121 Å². The van der Waals surface area contributed by atoms with Crippen LogP contribution in [-0.4, -0.2) is 43.6 Å². The molecule has 1 amide bonds. The number of nitrogens with one attached hydrogen (secondary N) is 1. The monoisotopic (exact) mass is 298 g/mol. The van der Waals surface area contributed by atoms with E-state index in [1.807, 2.05) is 4.90 Å². The molecule has 0 aliphatic carbocycles. The molecule has 3 rings (SSSR count). The van der Waals surface area contributed by atoms with E-state index in [-0.39, 0.29) is 17.5 Å². The molecule has 0 saturated carbocycles. The average molecular weight is 299 g/mol. The molecule has 4 nitrogen and oxygen atoms in total. The summed E-state index contributed by atoms with van der Waals surface area (Å²) < 4.78 is 18.4. The number of carbonyl (C=O) groups excluding carboxylic acids is 1. The van der Waals surface area contributed by atoms with Crippen LogP contribution in [0.2, 0.25) is 5.02 Å². The highest BCUT2D eigenvalue weighted by molar-refractivity contribution is 6.30. The van der Waals surface area contributed by atoms with Crippen molar-refractivity contribution in [1.82, 2.24) is 10.2 Å². The van der Waals surface area contributed by atoms with Crippen molar-refractivity contribution in [1.29, 1.82) is 0 Å². The quantitative estimate of drug-likeness (QED) is 0.920. The van der Waals surface area contributed by atoms with Crippen molar-refractivity contribution in [2.45, 2.75) is 0 Å². The number of rotatable bonds is 3. The molecule has 0 radical (unpaired) electrons. The Kier molecular flexibility index (Phi) is 3.81. The molecule has 1 aromatic rings. The molecule has 0 unspecified atom stereocenters. The van der Waals surface area contributed by atoms with Crippen LogP contribution in [0.4, 0.5) is 4.39 Å². The third-order valence-corrected chi connectivity index (χ3v) is 4.29. The zero-order chi connectivity index (χ0) is 14.1. The largest absolute Gasteiger partial charge is 0.484 e. The summed E-state index contributed by atoms with van der Waals surface area (Å²) in [5.74, 6) is 1.02. The number of halogens is 2. The van der Waals surface area contributed by atoms with Crippen molar-refractivity contribution < 1.29 is 13.9 Å². The number of ether oxygens (including phenoxy) is 1. The summed E-state index contributed by atoms with van der Waals surface area (Å²) in [5, 5.41) is 3.33. The molecule has 2 atom stereocenters. The fraction of sp³-hybridized carbons (Fsp3) is 0.500. The van der Waals surface area contributed by atoms with Gasteiger partial charge in [0.05, 0.1) is 5.02 Å². The normalized spacial score (nSPS) is 24.8. The number of benzene rings is 1. The highest BCUT2D eigenvalue weighted by Gasteiger charge is 2.37. The smallest absolute Gasteiger partial charge is 0.260 e. The number of nitrogens with zero attached hydrogens (tertiary/aromatic N) is 1. The Hall–Kier alpha value is -1.33. The molecule has 6 heteroatoms. The summed E-state index contributed by atoms with van der Waals surface area (Å²) in [4.78, 5) is 13.9. The first-order valence-electron chi connectivity index (χ1n) is 6.70. The molecule has 0 bridgehead atoms. The van der Waals surface area contributed by atoms with Gasteiger partial charge in [0.1, 0.15) is 11.6 Å². The maximum Gasteiger partial charge on any atom is 0.260 e. The second kappa shape index (κ2) is 5.58. The minimum Gasteiger partial charge on any atom is -0.484 e. The summed E-state index contributed by atoms with van der Waals surface area (Å²) in [6.07, 6.45) is 0. The standard InChI is InChI=1S/C14H16ClFN2O2/c15-12-3-11(1-2-13(12)16)20-8-14(19)18-6-9-4-17-5-10(9)7-18/h1-3,9-10,17H,4-8H2/t9-,10+. The van der Waals surface area contributed by atoms with Gasteiger partial charge < -0.3 is 15.0 Å². The first kappa shape index (κ1) is 13.6. The van der Waals surface area contributed by atoms with Crippen LogP contribution in [0.5, 0.6) is 5.75 Å². The summed E-state index contributed by atoms with van der Waals surface area (Å²) in [6.45, 7) is 3.54. The van der Waals surface area contributed by atoms with E-state index in [1.54, 1.807) is 0 Å². The summed E-state index contributed by atoms with van der Waals surface area (Å²) in [5.41, 5.74) is 0. The van der Waals surface area contributed by atoms with E-state index in [1.165, 1.54) is 18.2 Å². The van der Waals surface area contributed by atoms with E-state index in [0.29, 0.717) is 17.6 Å². The SMILES string of the molecule is O=C(COc1ccc(F)c(Cl)c1)N1C[C@H]2CNC[C@H]2C1. The molecule has 2 aliphatic heterocycles. The molecule has 2 saturated heterocycles. The van der Waals surface area contributed by atoms with Crippen molar-refractivity contribution in [3.05, 3.63) is 29.0 Å². The lowest BCUT2D eigenvalue weighted by Gasteiger charge is -2.17. The number of hydrogen-bond donors (Lipinski definition) is 1. The second-order valence-corrected chi connectivity index (χ2v) is 5.75. The predicted octanol–water partition coefficient (Wildman–Crippen LogP) is 1.54. The maximum atomic E-state index is 13.0. The third kappa shape index (κ3) is 2.74. The highest BCUT2D eigenvalue weighted by Crippen LogP contribution is 2.26. The van der Waals surface area contributed by atoms with E-state index in [4.69, 9.17) is 16.3 Å². The minimum atomic E-state index is -0.495. The molecule has 0 spiro atoms. The zero-order valence-electron chi connectivity index (χ0n) is 10.9. The van der Waals surface area contributed by atoms with Gasteiger partial charge in [-0.25, -0.2) is 4.39 Å². The molecular weight excluding hydrogens is 283 g/mol. The van der Waals surface area contributed by atoms with Crippen LogP contribution in [0, 0.1) is 17.7 Å². The molecule has 2 heterocycles. The summed E-state index contributed by atoms with van der Waals surface area (Å²) >= 11 is 5.66. The van der Waals surface area contributed by atoms with E-state index >= 15 is 0 Å².